The summed E-state index contributed by atoms with van der Waals surface area (Å²) in [4.78, 5) is 36.4. The van der Waals surface area contributed by atoms with E-state index in [0.29, 0.717) is 37.1 Å². The smallest absolute Gasteiger partial charge is 0.308 e. The topological polar surface area (TPSA) is 86.7 Å². The molecule has 1 atom stereocenters. The number of hydrogen-bond acceptors (Lipinski definition) is 3. The molecule has 0 aromatic heterocycles. The van der Waals surface area contributed by atoms with Crippen LogP contribution >= 0.6 is 0 Å². The van der Waals surface area contributed by atoms with E-state index < -0.39 is 11.9 Å². The van der Waals surface area contributed by atoms with Crippen LogP contribution in [0.1, 0.15) is 28.8 Å². The van der Waals surface area contributed by atoms with Gasteiger partial charge in [0.05, 0.1) is 12.3 Å². The van der Waals surface area contributed by atoms with Crippen molar-refractivity contribution in [3.05, 3.63) is 29.3 Å². The van der Waals surface area contributed by atoms with Crippen LogP contribution < -0.4 is 5.32 Å². The maximum absolute atomic E-state index is 12.5. The molecular formula is C15H16N2O4. The van der Waals surface area contributed by atoms with Crippen molar-refractivity contribution >= 4 is 23.5 Å². The van der Waals surface area contributed by atoms with Crippen LogP contribution in [0.15, 0.2) is 18.2 Å². The van der Waals surface area contributed by atoms with E-state index in [1.165, 1.54) is 0 Å². The molecule has 110 valence electrons. The molecule has 0 radical (unpaired) electrons. The summed E-state index contributed by atoms with van der Waals surface area (Å²) in [6.07, 6.45) is 1.65. The summed E-state index contributed by atoms with van der Waals surface area (Å²) < 4.78 is 0. The van der Waals surface area contributed by atoms with Gasteiger partial charge in [0, 0.05) is 24.3 Å². The Morgan fingerprint density at radius 1 is 1.33 bits per heavy atom. The minimum atomic E-state index is -0.853. The summed E-state index contributed by atoms with van der Waals surface area (Å²) in [6, 6.07) is 5.15. The molecule has 0 bridgehead atoms. The molecule has 6 nitrogen and oxygen atoms in total. The second-order valence-corrected chi connectivity index (χ2v) is 5.53. The predicted molar refractivity (Wildman–Crippen MR) is 75.0 cm³/mol. The van der Waals surface area contributed by atoms with Gasteiger partial charge in [-0.25, -0.2) is 0 Å². The summed E-state index contributed by atoms with van der Waals surface area (Å²) in [7, 11) is 0. The van der Waals surface area contributed by atoms with Crippen LogP contribution in [0.5, 0.6) is 0 Å². The molecule has 2 N–H and O–H groups in total. The van der Waals surface area contributed by atoms with Crippen molar-refractivity contribution in [2.24, 2.45) is 5.92 Å². The van der Waals surface area contributed by atoms with Gasteiger partial charge in [0.2, 0.25) is 5.91 Å². The number of carbonyl (C=O) groups is 3. The number of carboxylic acids is 1. The zero-order valence-electron chi connectivity index (χ0n) is 11.5. The van der Waals surface area contributed by atoms with Crippen LogP contribution in [0.2, 0.25) is 0 Å². The number of fused-ring (bicyclic) bond motifs is 1. The number of aliphatic carboxylic acids is 1. The number of likely N-dealkylation sites (tertiary alicyclic amines) is 1. The fraction of sp³-hybridized carbons (Fsp3) is 0.400. The fourth-order valence-corrected chi connectivity index (χ4v) is 2.89. The first-order valence-corrected chi connectivity index (χ1v) is 6.99. The third-order valence-electron chi connectivity index (χ3n) is 4.04. The highest BCUT2D eigenvalue weighted by atomic mass is 16.4. The highest BCUT2D eigenvalue weighted by Gasteiger charge is 2.29. The summed E-state index contributed by atoms with van der Waals surface area (Å²) in [5.41, 5.74) is 2.05. The Morgan fingerprint density at radius 2 is 2.14 bits per heavy atom. The van der Waals surface area contributed by atoms with Gasteiger partial charge in [0.1, 0.15) is 0 Å². The van der Waals surface area contributed by atoms with E-state index >= 15 is 0 Å². The second-order valence-electron chi connectivity index (χ2n) is 5.53. The Labute approximate surface area is 121 Å². The zero-order valence-corrected chi connectivity index (χ0v) is 11.5. The highest BCUT2D eigenvalue weighted by Crippen LogP contribution is 2.26. The Bertz CT molecular complexity index is 626. The zero-order chi connectivity index (χ0) is 15.0. The van der Waals surface area contributed by atoms with E-state index in [4.69, 9.17) is 5.11 Å². The Hall–Kier alpha value is -2.37. The Kier molecular flexibility index (Phi) is 3.37. The predicted octanol–water partition coefficient (Wildman–Crippen LogP) is 1.12. The van der Waals surface area contributed by atoms with E-state index in [9.17, 15) is 14.4 Å². The first-order chi connectivity index (χ1) is 10.0. The maximum atomic E-state index is 12.5. The number of nitrogens with one attached hydrogen (secondary N) is 1. The van der Waals surface area contributed by atoms with E-state index in [1.807, 2.05) is 0 Å². The quantitative estimate of drug-likeness (QED) is 0.853. The third kappa shape index (κ3) is 2.61. The average Bonchev–Trinajstić information content (AvgIpc) is 2.85. The molecule has 1 aromatic rings. The van der Waals surface area contributed by atoms with Crippen molar-refractivity contribution in [3.63, 3.8) is 0 Å². The number of carboxylic acid groups (broad SMARTS) is 1. The van der Waals surface area contributed by atoms with Gasteiger partial charge in [-0.05, 0) is 30.5 Å². The van der Waals surface area contributed by atoms with Crippen LogP contribution in [-0.4, -0.2) is 40.9 Å². The number of benzene rings is 1. The van der Waals surface area contributed by atoms with E-state index in [-0.39, 0.29) is 18.4 Å². The molecule has 2 aliphatic heterocycles. The molecule has 1 fully saturated rings. The summed E-state index contributed by atoms with van der Waals surface area (Å²) >= 11 is 0. The van der Waals surface area contributed by atoms with Gasteiger partial charge in [0.25, 0.3) is 5.91 Å². The molecule has 2 aliphatic rings. The minimum Gasteiger partial charge on any atom is -0.481 e. The van der Waals surface area contributed by atoms with Crippen molar-refractivity contribution in [3.8, 4) is 0 Å². The summed E-state index contributed by atoms with van der Waals surface area (Å²) in [5.74, 6) is -1.59. The van der Waals surface area contributed by atoms with Gasteiger partial charge >= 0.3 is 5.97 Å². The molecule has 0 saturated carbocycles. The molecule has 1 saturated heterocycles. The largest absolute Gasteiger partial charge is 0.481 e. The normalized spacial score (nSPS) is 20.9. The van der Waals surface area contributed by atoms with Crippen LogP contribution in [0.4, 0.5) is 5.69 Å². The van der Waals surface area contributed by atoms with Gasteiger partial charge < -0.3 is 15.3 Å². The molecule has 2 heterocycles. The van der Waals surface area contributed by atoms with Crippen molar-refractivity contribution in [1.82, 2.24) is 4.90 Å². The van der Waals surface area contributed by atoms with E-state index in [2.05, 4.69) is 5.32 Å². The van der Waals surface area contributed by atoms with Gasteiger partial charge in [-0.2, -0.15) is 0 Å². The lowest BCUT2D eigenvalue weighted by Crippen LogP contribution is -2.42. The van der Waals surface area contributed by atoms with Gasteiger partial charge in [-0.1, -0.05) is 6.07 Å². The van der Waals surface area contributed by atoms with Crippen molar-refractivity contribution in [1.29, 1.82) is 0 Å². The molecule has 2 amide bonds. The van der Waals surface area contributed by atoms with Crippen molar-refractivity contribution in [2.45, 2.75) is 19.3 Å². The number of piperidine rings is 1. The SMILES string of the molecule is O=C1Cc2ccc(C(=O)N3CCC[C@H](C(=O)O)C3)cc2N1. The Morgan fingerprint density at radius 3 is 2.90 bits per heavy atom. The third-order valence-corrected chi connectivity index (χ3v) is 4.04. The van der Waals surface area contributed by atoms with Crippen molar-refractivity contribution in [2.75, 3.05) is 18.4 Å². The number of carbonyl (C=O) groups excluding carboxylic acids is 2. The van der Waals surface area contributed by atoms with Gasteiger partial charge in [0.15, 0.2) is 0 Å². The number of anilines is 1. The molecular weight excluding hydrogens is 272 g/mol. The summed E-state index contributed by atoms with van der Waals surface area (Å²) in [6.45, 7) is 0.823. The van der Waals surface area contributed by atoms with Crippen LogP contribution in [0.3, 0.4) is 0 Å². The standard InChI is InChI=1S/C15H16N2O4/c18-13-7-9-3-4-10(6-12(9)16-13)14(19)17-5-1-2-11(8-17)15(20)21/h3-4,6,11H,1-2,5,7-8H2,(H,16,18)(H,20,21)/t11-/m0/s1. The van der Waals surface area contributed by atoms with Crippen LogP contribution in [0.25, 0.3) is 0 Å². The molecule has 1 aromatic carbocycles. The maximum Gasteiger partial charge on any atom is 0.308 e. The minimum absolute atomic E-state index is 0.0708. The Balaban J connectivity index is 1.78. The molecule has 21 heavy (non-hydrogen) atoms. The monoisotopic (exact) mass is 288 g/mol. The fourth-order valence-electron chi connectivity index (χ4n) is 2.89. The van der Waals surface area contributed by atoms with E-state index in [0.717, 1.165) is 5.56 Å². The van der Waals surface area contributed by atoms with Crippen molar-refractivity contribution < 1.29 is 19.5 Å². The summed E-state index contributed by atoms with van der Waals surface area (Å²) in [5, 5.41) is 11.8. The second kappa shape index (κ2) is 5.20. The molecule has 0 spiro atoms. The number of amides is 2. The lowest BCUT2D eigenvalue weighted by atomic mass is 9.97. The molecule has 0 aliphatic carbocycles. The first-order valence-electron chi connectivity index (χ1n) is 6.99. The molecule has 6 heteroatoms. The lowest BCUT2D eigenvalue weighted by Gasteiger charge is -2.30. The van der Waals surface area contributed by atoms with Gasteiger partial charge in [-0.15, -0.1) is 0 Å². The molecule has 0 unspecified atom stereocenters. The first kappa shape index (κ1) is 13.6. The van der Waals surface area contributed by atoms with E-state index in [1.54, 1.807) is 23.1 Å². The van der Waals surface area contributed by atoms with Crippen LogP contribution in [0, 0.1) is 5.92 Å². The molecule has 3 rings (SSSR count). The average molecular weight is 288 g/mol. The number of hydrogen-bond donors (Lipinski definition) is 2. The number of rotatable bonds is 2. The highest BCUT2D eigenvalue weighted by molar-refractivity contribution is 6.02. The van der Waals surface area contributed by atoms with Gasteiger partial charge in [-0.3, -0.25) is 14.4 Å². The number of nitrogens with zero attached hydrogens (tertiary/aromatic N) is 1. The van der Waals surface area contributed by atoms with Crippen LogP contribution in [-0.2, 0) is 16.0 Å². The lowest BCUT2D eigenvalue weighted by molar-refractivity contribution is -0.143.